The summed E-state index contributed by atoms with van der Waals surface area (Å²) in [6.07, 6.45) is 2.79. The van der Waals surface area contributed by atoms with Gasteiger partial charge in [0.2, 0.25) is 0 Å². The Morgan fingerprint density at radius 3 is 2.84 bits per heavy atom. The number of hydrogen-bond acceptors (Lipinski definition) is 6. The SMILES string of the molecule is Cn1c([N+](=O)[O-])cnc1CC(c1nccs1)S(=O)O. The van der Waals surface area contributed by atoms with Crippen LogP contribution in [0, 0.1) is 10.1 Å². The lowest BCUT2D eigenvalue weighted by atomic mass is 10.3. The number of hydrogen-bond donors (Lipinski definition) is 1. The highest BCUT2D eigenvalue weighted by Gasteiger charge is 2.26. The summed E-state index contributed by atoms with van der Waals surface area (Å²) in [7, 11) is 1.50. The summed E-state index contributed by atoms with van der Waals surface area (Å²) < 4.78 is 22.0. The van der Waals surface area contributed by atoms with Gasteiger partial charge in [0.05, 0.1) is 13.5 Å². The molecule has 2 unspecified atom stereocenters. The third-order valence-electron chi connectivity index (χ3n) is 2.59. The second-order valence-electron chi connectivity index (χ2n) is 3.69. The Bertz CT molecular complexity index is 610. The van der Waals surface area contributed by atoms with E-state index in [9.17, 15) is 18.9 Å². The molecule has 0 aliphatic heterocycles. The van der Waals surface area contributed by atoms with E-state index >= 15 is 0 Å². The quantitative estimate of drug-likeness (QED) is 0.506. The smallest absolute Gasteiger partial charge is 0.342 e. The van der Waals surface area contributed by atoms with Gasteiger partial charge >= 0.3 is 5.82 Å². The summed E-state index contributed by atoms with van der Waals surface area (Å²) in [6.45, 7) is 0. The van der Waals surface area contributed by atoms with Gasteiger partial charge in [-0.2, -0.15) is 0 Å². The lowest BCUT2D eigenvalue weighted by molar-refractivity contribution is -0.391. The van der Waals surface area contributed by atoms with Crippen molar-refractivity contribution in [3.63, 3.8) is 0 Å². The normalized spacial score (nSPS) is 14.2. The molecule has 19 heavy (non-hydrogen) atoms. The number of rotatable bonds is 5. The zero-order valence-corrected chi connectivity index (χ0v) is 11.4. The molecule has 8 nitrogen and oxygen atoms in total. The molecule has 102 valence electrons. The highest BCUT2D eigenvalue weighted by Crippen LogP contribution is 2.26. The van der Waals surface area contributed by atoms with E-state index < -0.39 is 21.3 Å². The maximum absolute atomic E-state index is 11.4. The van der Waals surface area contributed by atoms with Gasteiger partial charge in [0, 0.05) is 11.6 Å². The minimum absolute atomic E-state index is 0.112. The molecule has 2 atom stereocenters. The Hall–Kier alpha value is -1.65. The van der Waals surface area contributed by atoms with Gasteiger partial charge in [0.1, 0.15) is 16.5 Å². The molecular formula is C9H10N4O4S2. The molecule has 10 heteroatoms. The maximum Gasteiger partial charge on any atom is 0.342 e. The van der Waals surface area contributed by atoms with Crippen LogP contribution in [0.2, 0.25) is 0 Å². The molecule has 0 aromatic carbocycles. The molecule has 0 aliphatic carbocycles. The molecule has 2 heterocycles. The summed E-state index contributed by atoms with van der Waals surface area (Å²) >= 11 is -0.856. The van der Waals surface area contributed by atoms with Gasteiger partial charge in [-0.05, 0) is 4.92 Å². The molecule has 0 fully saturated rings. The lowest BCUT2D eigenvalue weighted by Crippen LogP contribution is -2.12. The van der Waals surface area contributed by atoms with Gasteiger partial charge < -0.3 is 14.7 Å². The first-order valence-electron chi connectivity index (χ1n) is 5.14. The van der Waals surface area contributed by atoms with Crippen LogP contribution in [-0.2, 0) is 24.5 Å². The van der Waals surface area contributed by atoms with E-state index in [0.717, 1.165) is 6.20 Å². The minimum Gasteiger partial charge on any atom is -0.358 e. The molecule has 0 bridgehead atoms. The van der Waals surface area contributed by atoms with Gasteiger partial charge in [-0.1, -0.05) is 0 Å². The van der Waals surface area contributed by atoms with Crippen LogP contribution in [0.25, 0.3) is 0 Å². The van der Waals surface area contributed by atoms with Crippen LogP contribution >= 0.6 is 11.3 Å². The first-order valence-corrected chi connectivity index (χ1v) is 7.19. The van der Waals surface area contributed by atoms with E-state index in [1.807, 2.05) is 0 Å². The molecular weight excluding hydrogens is 292 g/mol. The number of nitrogens with zero attached hydrogens (tertiary/aromatic N) is 4. The first kappa shape index (κ1) is 13.8. The summed E-state index contributed by atoms with van der Waals surface area (Å²) in [5, 5.41) is 12.2. The monoisotopic (exact) mass is 302 g/mol. The van der Waals surface area contributed by atoms with Crippen molar-refractivity contribution < 1.29 is 13.7 Å². The third kappa shape index (κ3) is 2.85. The van der Waals surface area contributed by atoms with Crippen LogP contribution in [-0.4, -0.2) is 28.2 Å². The van der Waals surface area contributed by atoms with Crippen molar-refractivity contribution in [1.82, 2.24) is 14.5 Å². The fourth-order valence-corrected chi connectivity index (χ4v) is 3.16. The Balaban J connectivity index is 2.28. The topological polar surface area (TPSA) is 111 Å². The molecule has 2 aromatic rings. The van der Waals surface area contributed by atoms with Gasteiger partial charge in [-0.25, -0.2) is 18.7 Å². The molecule has 2 rings (SSSR count). The predicted molar refractivity (Wildman–Crippen MR) is 69.2 cm³/mol. The zero-order chi connectivity index (χ0) is 14.0. The number of imidazole rings is 1. The second kappa shape index (κ2) is 5.55. The standard InChI is InChI=1S/C9H10N4O4S2/c1-12-7(11-5-8(12)13(14)15)4-6(19(16)17)9-10-2-3-18-9/h2-3,5-6H,4H2,1H3,(H,16,17). The lowest BCUT2D eigenvalue weighted by Gasteiger charge is -2.07. The fourth-order valence-electron chi connectivity index (χ4n) is 1.60. The Labute approximate surface area is 114 Å². The van der Waals surface area contributed by atoms with Gasteiger partial charge in [0.25, 0.3) is 0 Å². The van der Waals surface area contributed by atoms with Crippen molar-refractivity contribution in [3.05, 3.63) is 38.7 Å². The van der Waals surface area contributed by atoms with Gasteiger partial charge in [-0.3, -0.25) is 0 Å². The largest absolute Gasteiger partial charge is 0.358 e. The highest BCUT2D eigenvalue weighted by atomic mass is 32.2. The number of aromatic nitrogens is 3. The zero-order valence-electron chi connectivity index (χ0n) is 9.79. The fraction of sp³-hybridized carbons (Fsp3) is 0.333. The van der Waals surface area contributed by atoms with Gasteiger partial charge in [-0.15, -0.1) is 11.3 Å². The van der Waals surface area contributed by atoms with Gasteiger partial charge in [0.15, 0.2) is 16.9 Å². The van der Waals surface area contributed by atoms with E-state index in [4.69, 9.17) is 0 Å². The summed E-state index contributed by atoms with van der Waals surface area (Å²) in [5.41, 5.74) is 0. The first-order chi connectivity index (χ1) is 9.00. The number of thiazole rings is 1. The average molecular weight is 302 g/mol. The van der Waals surface area contributed by atoms with Crippen LogP contribution in [0.15, 0.2) is 17.8 Å². The van der Waals surface area contributed by atoms with Crippen molar-refractivity contribution in [2.75, 3.05) is 0 Å². The predicted octanol–water partition coefficient (Wildman–Crippen LogP) is 1.29. The molecule has 1 N–H and O–H groups in total. The van der Waals surface area contributed by atoms with E-state index in [0.29, 0.717) is 10.8 Å². The van der Waals surface area contributed by atoms with E-state index in [1.54, 1.807) is 11.6 Å². The molecule has 0 spiro atoms. The Morgan fingerprint density at radius 1 is 1.63 bits per heavy atom. The van der Waals surface area contributed by atoms with Crippen molar-refractivity contribution >= 4 is 28.2 Å². The molecule has 0 aliphatic rings. The second-order valence-corrected chi connectivity index (χ2v) is 5.74. The van der Waals surface area contributed by atoms with Crippen molar-refractivity contribution in [3.8, 4) is 0 Å². The molecule has 0 saturated carbocycles. The van der Waals surface area contributed by atoms with E-state index in [2.05, 4.69) is 9.97 Å². The van der Waals surface area contributed by atoms with Crippen molar-refractivity contribution in [1.29, 1.82) is 0 Å². The van der Waals surface area contributed by atoms with E-state index in [1.165, 1.54) is 23.0 Å². The summed E-state index contributed by atoms with van der Waals surface area (Å²) in [4.78, 5) is 18.1. The van der Waals surface area contributed by atoms with Crippen molar-refractivity contribution in [2.45, 2.75) is 11.7 Å². The van der Waals surface area contributed by atoms with Crippen molar-refractivity contribution in [2.24, 2.45) is 7.05 Å². The van der Waals surface area contributed by atoms with Crippen LogP contribution in [0.3, 0.4) is 0 Å². The summed E-state index contributed by atoms with van der Waals surface area (Å²) in [5.74, 6) is 0.214. The molecule has 0 radical (unpaired) electrons. The maximum atomic E-state index is 11.4. The Kier molecular flexibility index (Phi) is 4.02. The minimum atomic E-state index is -2.12. The van der Waals surface area contributed by atoms with E-state index in [-0.39, 0.29) is 12.2 Å². The third-order valence-corrected chi connectivity index (χ3v) is 4.50. The van der Waals surface area contributed by atoms with Crippen LogP contribution in [0.1, 0.15) is 16.1 Å². The average Bonchev–Trinajstić information content (AvgIpc) is 2.95. The van der Waals surface area contributed by atoms with Crippen LogP contribution in [0.5, 0.6) is 0 Å². The summed E-state index contributed by atoms with van der Waals surface area (Å²) in [6, 6.07) is 0. The molecule has 2 aromatic heterocycles. The van der Waals surface area contributed by atoms with Crippen LogP contribution < -0.4 is 0 Å². The Morgan fingerprint density at radius 2 is 2.37 bits per heavy atom. The molecule has 0 amide bonds. The molecule has 0 saturated heterocycles. The highest BCUT2D eigenvalue weighted by molar-refractivity contribution is 7.79. The number of nitro groups is 1. The van der Waals surface area contributed by atoms with Crippen LogP contribution in [0.4, 0.5) is 5.82 Å².